The minimum absolute atomic E-state index is 0.456. The minimum atomic E-state index is -1.19. The van der Waals surface area contributed by atoms with E-state index in [0.717, 1.165) is 5.56 Å². The van der Waals surface area contributed by atoms with Crippen molar-refractivity contribution in [3.8, 4) is 0 Å². The van der Waals surface area contributed by atoms with Crippen molar-refractivity contribution >= 4 is 8.07 Å². The number of rotatable bonds is 3. The zero-order valence-electron chi connectivity index (χ0n) is 9.07. The van der Waals surface area contributed by atoms with Crippen molar-refractivity contribution in [1.82, 2.24) is 0 Å². The van der Waals surface area contributed by atoms with Crippen LogP contribution >= 0.6 is 0 Å². The van der Waals surface area contributed by atoms with Crippen LogP contribution in [0.1, 0.15) is 11.7 Å². The zero-order chi connectivity index (χ0) is 10.6. The molecule has 2 heteroatoms. The molecule has 0 unspecified atom stereocenters. The molecule has 0 amide bonds. The molecule has 0 aliphatic heterocycles. The van der Waals surface area contributed by atoms with Crippen LogP contribution in [0.3, 0.4) is 0 Å². The van der Waals surface area contributed by atoms with Crippen LogP contribution in [0, 0.1) is 0 Å². The maximum Gasteiger partial charge on any atom is 0.0968 e. The van der Waals surface area contributed by atoms with Crippen molar-refractivity contribution in [3.05, 3.63) is 47.7 Å². The van der Waals surface area contributed by atoms with E-state index >= 15 is 0 Å². The lowest BCUT2D eigenvalue weighted by Crippen LogP contribution is -2.16. The molecule has 1 rings (SSSR count). The van der Waals surface area contributed by atoms with Crippen molar-refractivity contribution in [2.24, 2.45) is 0 Å². The first kappa shape index (κ1) is 11.2. The molecular formula is C12H18OSi. The predicted molar refractivity (Wildman–Crippen MR) is 63.9 cm³/mol. The quantitative estimate of drug-likeness (QED) is 0.753. The van der Waals surface area contributed by atoms with Crippen molar-refractivity contribution in [1.29, 1.82) is 0 Å². The van der Waals surface area contributed by atoms with Crippen LogP contribution < -0.4 is 0 Å². The second-order valence-corrected chi connectivity index (χ2v) is 9.65. The Kier molecular flexibility index (Phi) is 3.67. The van der Waals surface area contributed by atoms with Crippen molar-refractivity contribution in [2.45, 2.75) is 25.7 Å². The lowest BCUT2D eigenvalue weighted by molar-refractivity contribution is 0.229. The molecule has 0 heterocycles. The summed E-state index contributed by atoms with van der Waals surface area (Å²) in [5.74, 6) is 0. The minimum Gasteiger partial charge on any atom is -0.384 e. The van der Waals surface area contributed by atoms with Crippen LogP contribution in [0.2, 0.25) is 19.6 Å². The third-order valence-electron chi connectivity index (χ3n) is 1.92. The molecule has 0 aromatic heterocycles. The highest BCUT2D eigenvalue weighted by Gasteiger charge is 2.09. The Hall–Kier alpha value is -0.863. The summed E-state index contributed by atoms with van der Waals surface area (Å²) >= 11 is 0. The smallest absolute Gasteiger partial charge is 0.0968 e. The maximum absolute atomic E-state index is 9.82. The summed E-state index contributed by atoms with van der Waals surface area (Å²) < 4.78 is 0. The fraction of sp³-hybridized carbons (Fsp3) is 0.333. The Morgan fingerprint density at radius 2 is 1.71 bits per heavy atom. The molecule has 1 nitrogen and oxygen atoms in total. The Morgan fingerprint density at radius 1 is 1.14 bits per heavy atom. The van der Waals surface area contributed by atoms with Gasteiger partial charge in [0.15, 0.2) is 0 Å². The van der Waals surface area contributed by atoms with E-state index in [1.165, 1.54) is 0 Å². The van der Waals surface area contributed by atoms with Gasteiger partial charge >= 0.3 is 0 Å². The van der Waals surface area contributed by atoms with Gasteiger partial charge in [-0.05, 0) is 5.56 Å². The third kappa shape index (κ3) is 3.90. The second kappa shape index (κ2) is 4.58. The van der Waals surface area contributed by atoms with Crippen LogP contribution in [0.4, 0.5) is 0 Å². The molecular weight excluding hydrogens is 188 g/mol. The molecule has 1 N–H and O–H groups in total. The zero-order valence-corrected chi connectivity index (χ0v) is 10.1. The highest BCUT2D eigenvalue weighted by Crippen LogP contribution is 2.15. The van der Waals surface area contributed by atoms with E-state index in [4.69, 9.17) is 0 Å². The molecule has 1 aromatic carbocycles. The first-order valence-electron chi connectivity index (χ1n) is 4.91. The van der Waals surface area contributed by atoms with Crippen LogP contribution in [-0.2, 0) is 0 Å². The molecule has 0 aliphatic rings. The molecule has 1 atom stereocenters. The van der Waals surface area contributed by atoms with E-state index in [-0.39, 0.29) is 0 Å². The molecule has 0 aliphatic carbocycles. The van der Waals surface area contributed by atoms with Gasteiger partial charge in [-0.2, -0.15) is 0 Å². The normalized spacial score (nSPS) is 14.6. The number of aliphatic hydroxyl groups excluding tert-OH is 1. The monoisotopic (exact) mass is 206 g/mol. The summed E-state index contributed by atoms with van der Waals surface area (Å²) in [6, 6.07) is 9.73. The SMILES string of the molecule is C[Si](C)(C)/C=C/[C@H](O)c1ccccc1. The molecule has 0 bridgehead atoms. The summed E-state index contributed by atoms with van der Waals surface area (Å²) in [5, 5.41) is 9.82. The Balaban J connectivity index is 2.69. The van der Waals surface area contributed by atoms with Gasteiger partial charge in [-0.25, -0.2) is 0 Å². The summed E-state index contributed by atoms with van der Waals surface area (Å²) in [6.07, 6.45) is 1.45. The Labute approximate surface area is 87.1 Å². The first-order valence-corrected chi connectivity index (χ1v) is 8.49. The highest BCUT2D eigenvalue weighted by atomic mass is 28.3. The fourth-order valence-electron chi connectivity index (χ4n) is 1.14. The Bertz CT molecular complexity index is 298. The van der Waals surface area contributed by atoms with Gasteiger partial charge in [-0.1, -0.05) is 61.7 Å². The van der Waals surface area contributed by atoms with Gasteiger partial charge in [-0.3, -0.25) is 0 Å². The van der Waals surface area contributed by atoms with Gasteiger partial charge in [0.1, 0.15) is 0 Å². The standard InChI is InChI=1S/C12H18OSi/c1-14(2,3)10-9-12(13)11-7-5-4-6-8-11/h4-10,12-13H,1-3H3/b10-9+/t12-/m0/s1. The third-order valence-corrected chi connectivity index (χ3v) is 3.11. The average molecular weight is 206 g/mol. The van der Waals surface area contributed by atoms with Crippen LogP contribution in [-0.4, -0.2) is 13.2 Å². The van der Waals surface area contributed by atoms with E-state index in [1.54, 1.807) is 0 Å². The molecule has 0 fully saturated rings. The van der Waals surface area contributed by atoms with Gasteiger partial charge in [0.2, 0.25) is 0 Å². The van der Waals surface area contributed by atoms with Crippen molar-refractivity contribution in [2.75, 3.05) is 0 Å². The highest BCUT2D eigenvalue weighted by molar-refractivity contribution is 6.80. The van der Waals surface area contributed by atoms with Gasteiger partial charge in [-0.15, -0.1) is 0 Å². The van der Waals surface area contributed by atoms with Crippen LogP contribution in [0.15, 0.2) is 42.1 Å². The van der Waals surface area contributed by atoms with E-state index in [9.17, 15) is 5.11 Å². The molecule has 0 saturated heterocycles. The molecule has 76 valence electrons. The fourth-order valence-corrected chi connectivity index (χ4v) is 1.90. The van der Waals surface area contributed by atoms with E-state index < -0.39 is 14.2 Å². The van der Waals surface area contributed by atoms with Gasteiger partial charge in [0.05, 0.1) is 14.2 Å². The summed E-state index contributed by atoms with van der Waals surface area (Å²) in [7, 11) is -1.19. The van der Waals surface area contributed by atoms with Crippen molar-refractivity contribution in [3.63, 3.8) is 0 Å². The van der Waals surface area contributed by atoms with Gasteiger partial charge in [0, 0.05) is 0 Å². The molecule has 0 spiro atoms. The molecule has 0 radical (unpaired) electrons. The van der Waals surface area contributed by atoms with E-state index in [0.29, 0.717) is 0 Å². The number of aliphatic hydroxyl groups is 1. The van der Waals surface area contributed by atoms with Crippen molar-refractivity contribution < 1.29 is 5.11 Å². The van der Waals surface area contributed by atoms with E-state index in [1.807, 2.05) is 36.4 Å². The molecule has 0 saturated carbocycles. The predicted octanol–water partition coefficient (Wildman–Crippen LogP) is 3.15. The summed E-state index contributed by atoms with van der Waals surface area (Å²) in [4.78, 5) is 0. The second-order valence-electron chi connectivity index (χ2n) is 4.58. The Morgan fingerprint density at radius 3 is 2.21 bits per heavy atom. The topological polar surface area (TPSA) is 20.2 Å². The van der Waals surface area contributed by atoms with Crippen LogP contribution in [0.5, 0.6) is 0 Å². The van der Waals surface area contributed by atoms with Gasteiger partial charge < -0.3 is 5.11 Å². The van der Waals surface area contributed by atoms with E-state index in [2.05, 4.69) is 25.3 Å². The number of benzene rings is 1. The lowest BCUT2D eigenvalue weighted by atomic mass is 10.1. The largest absolute Gasteiger partial charge is 0.384 e. The number of hydrogen-bond acceptors (Lipinski definition) is 1. The number of hydrogen-bond donors (Lipinski definition) is 1. The van der Waals surface area contributed by atoms with Gasteiger partial charge in [0.25, 0.3) is 0 Å². The summed E-state index contributed by atoms with van der Waals surface area (Å²) in [5.41, 5.74) is 3.13. The van der Waals surface area contributed by atoms with Crippen LogP contribution in [0.25, 0.3) is 0 Å². The summed E-state index contributed by atoms with van der Waals surface area (Å²) in [6.45, 7) is 6.75. The lowest BCUT2D eigenvalue weighted by Gasteiger charge is -2.11. The first-order chi connectivity index (χ1) is 6.49. The molecule has 14 heavy (non-hydrogen) atoms. The molecule has 1 aromatic rings. The average Bonchev–Trinajstić information content (AvgIpc) is 2.14. The maximum atomic E-state index is 9.82.